The Morgan fingerprint density at radius 1 is 1.16 bits per heavy atom. The molecule has 3 aliphatic rings. The number of nitrogens with zero attached hydrogens (tertiary/aromatic N) is 3. The van der Waals surface area contributed by atoms with Gasteiger partial charge in [-0.25, -0.2) is 4.98 Å². The Balaban J connectivity index is 0.00000294. The number of nitrogens with one attached hydrogen (secondary N) is 1. The van der Waals surface area contributed by atoms with Gasteiger partial charge in [0.2, 0.25) is 11.8 Å². The molecule has 2 amide bonds. The average molecular weight is 565 g/mol. The van der Waals surface area contributed by atoms with Crippen molar-refractivity contribution in [1.29, 1.82) is 0 Å². The maximum Gasteiger partial charge on any atom is 0.433 e. The number of hydrogen-bond acceptors (Lipinski definition) is 6. The van der Waals surface area contributed by atoms with Crippen molar-refractivity contribution in [3.8, 4) is 11.1 Å². The third-order valence-corrected chi connectivity index (χ3v) is 9.38. The minimum absolute atomic E-state index is 0. The molecule has 11 heteroatoms. The van der Waals surface area contributed by atoms with Crippen molar-refractivity contribution >= 4 is 45.8 Å². The number of halogens is 4. The van der Waals surface area contributed by atoms with Crippen LogP contribution in [0.4, 0.5) is 13.2 Å². The molecule has 1 N–H and O–H groups in total. The molecule has 2 saturated heterocycles. The van der Waals surface area contributed by atoms with E-state index in [0.717, 1.165) is 40.7 Å². The second-order valence-electron chi connectivity index (χ2n) is 11.0. The van der Waals surface area contributed by atoms with Crippen molar-refractivity contribution in [2.24, 2.45) is 23.2 Å². The number of piperidine rings is 1. The van der Waals surface area contributed by atoms with E-state index in [1.165, 1.54) is 16.2 Å². The first-order valence-electron chi connectivity index (χ1n) is 12.5. The van der Waals surface area contributed by atoms with Crippen LogP contribution in [-0.2, 0) is 28.7 Å². The summed E-state index contributed by atoms with van der Waals surface area (Å²) in [5.41, 5.74) is 1.83. The van der Waals surface area contributed by atoms with Gasteiger partial charge in [-0.2, -0.15) is 13.2 Å². The molecule has 3 unspecified atom stereocenters. The van der Waals surface area contributed by atoms with Crippen molar-refractivity contribution in [1.82, 2.24) is 20.2 Å². The molecule has 3 atom stereocenters. The van der Waals surface area contributed by atoms with Gasteiger partial charge in [0.05, 0.1) is 28.6 Å². The summed E-state index contributed by atoms with van der Waals surface area (Å²) in [5, 5.41) is 3.32. The maximum absolute atomic E-state index is 13.8. The van der Waals surface area contributed by atoms with Crippen molar-refractivity contribution in [2.45, 2.75) is 46.3 Å². The molecule has 38 heavy (non-hydrogen) atoms. The van der Waals surface area contributed by atoms with Crippen LogP contribution < -0.4 is 5.32 Å². The molecular weight excluding hydrogens is 537 g/mol. The molecule has 3 aromatic rings. The summed E-state index contributed by atoms with van der Waals surface area (Å²) in [6.45, 7) is 7.41. The summed E-state index contributed by atoms with van der Waals surface area (Å²) >= 11 is 1.37. The Morgan fingerprint density at radius 3 is 2.50 bits per heavy atom. The lowest BCUT2D eigenvalue weighted by molar-refractivity contribution is -0.144. The second-order valence-corrected chi connectivity index (χ2v) is 12.1. The molecule has 202 valence electrons. The van der Waals surface area contributed by atoms with E-state index in [9.17, 15) is 22.8 Å². The third kappa shape index (κ3) is 4.30. The fourth-order valence-electron chi connectivity index (χ4n) is 6.11. The Kier molecular flexibility index (Phi) is 6.60. The zero-order valence-electron chi connectivity index (χ0n) is 21.2. The third-order valence-electron chi connectivity index (χ3n) is 8.24. The summed E-state index contributed by atoms with van der Waals surface area (Å²) in [7, 11) is 0. The molecule has 0 bridgehead atoms. The van der Waals surface area contributed by atoms with Gasteiger partial charge in [-0.1, -0.05) is 13.8 Å². The largest absolute Gasteiger partial charge is 0.433 e. The lowest BCUT2D eigenvalue weighted by Crippen LogP contribution is -2.35. The first kappa shape index (κ1) is 27.0. The van der Waals surface area contributed by atoms with Crippen LogP contribution in [0.15, 0.2) is 24.4 Å². The first-order chi connectivity index (χ1) is 17.5. The highest BCUT2D eigenvalue weighted by Crippen LogP contribution is 2.63. The molecule has 5 heterocycles. The summed E-state index contributed by atoms with van der Waals surface area (Å²) < 4.78 is 42.0. The topological polar surface area (TPSA) is 75.2 Å². The molecule has 1 aliphatic carbocycles. The van der Waals surface area contributed by atoms with Crippen molar-refractivity contribution in [3.63, 3.8) is 0 Å². The highest BCUT2D eigenvalue weighted by atomic mass is 35.5. The quantitative estimate of drug-likeness (QED) is 0.420. The van der Waals surface area contributed by atoms with Crippen LogP contribution in [0.3, 0.4) is 0 Å². The van der Waals surface area contributed by atoms with E-state index in [1.807, 2.05) is 19.9 Å². The number of amides is 2. The predicted molar refractivity (Wildman–Crippen MR) is 141 cm³/mol. The maximum atomic E-state index is 13.8. The van der Waals surface area contributed by atoms with Gasteiger partial charge in [0, 0.05) is 22.3 Å². The van der Waals surface area contributed by atoms with E-state index >= 15 is 0 Å². The number of carbonyl (C=O) groups excluding carboxylic acids is 2. The summed E-state index contributed by atoms with van der Waals surface area (Å²) in [6, 6.07) is 4.73. The fraction of sp³-hybridized carbons (Fsp3) is 0.481. The average Bonchev–Trinajstić information content (AvgIpc) is 3.28. The highest BCUT2D eigenvalue weighted by molar-refractivity contribution is 7.19. The summed E-state index contributed by atoms with van der Waals surface area (Å²) in [6.07, 6.45) is -1.37. The van der Waals surface area contributed by atoms with Gasteiger partial charge in [0.1, 0.15) is 5.69 Å². The van der Waals surface area contributed by atoms with Crippen LogP contribution in [0.1, 0.15) is 42.1 Å². The van der Waals surface area contributed by atoms with Crippen LogP contribution >= 0.6 is 23.7 Å². The van der Waals surface area contributed by atoms with Gasteiger partial charge in [-0.05, 0) is 73.5 Å². The van der Waals surface area contributed by atoms with Crippen LogP contribution in [0.25, 0.3) is 21.3 Å². The minimum Gasteiger partial charge on any atom is -0.316 e. The number of thiophene rings is 1. The molecule has 3 fully saturated rings. The smallest absolute Gasteiger partial charge is 0.316 e. The number of alkyl halides is 3. The lowest BCUT2D eigenvalue weighted by Gasteiger charge is -2.19. The number of imide groups is 1. The van der Waals surface area contributed by atoms with Gasteiger partial charge in [-0.15, -0.1) is 23.7 Å². The van der Waals surface area contributed by atoms with Crippen LogP contribution in [0.2, 0.25) is 0 Å². The predicted octanol–water partition coefficient (Wildman–Crippen LogP) is 5.40. The van der Waals surface area contributed by atoms with Crippen LogP contribution in [0.5, 0.6) is 0 Å². The number of aromatic nitrogens is 2. The Morgan fingerprint density at radius 2 is 1.87 bits per heavy atom. The standard InChI is InChI=1S/C27H27F3N4O2S.ClH/c1-13-17(8-14-4-6-31-11-14)18(10-20(33-13)27(28,29)30)16-5-7-32-19-9-15(37-23(16)19)12-34-24(35)21-22(25(34)36)26(21,2)3;/h5,7,9-10,14,21-22,31H,4,6,8,11-12H2,1-3H3;1H. The summed E-state index contributed by atoms with van der Waals surface area (Å²) in [4.78, 5) is 36.1. The van der Waals surface area contributed by atoms with Gasteiger partial charge >= 0.3 is 6.18 Å². The summed E-state index contributed by atoms with van der Waals surface area (Å²) in [5.74, 6) is -0.460. The molecule has 2 aliphatic heterocycles. The van der Waals surface area contributed by atoms with Gasteiger partial charge in [0.25, 0.3) is 0 Å². The SMILES string of the molecule is Cc1nc(C(F)(F)F)cc(-c2ccnc3cc(CN4C(=O)C5C(C4=O)C5(C)C)sc23)c1CC1CCNC1.Cl. The van der Waals surface area contributed by atoms with Crippen molar-refractivity contribution in [2.75, 3.05) is 13.1 Å². The molecule has 0 spiro atoms. The minimum atomic E-state index is -4.56. The zero-order chi connectivity index (χ0) is 26.3. The fourth-order valence-corrected chi connectivity index (χ4v) is 7.24. The Labute approximate surface area is 228 Å². The van der Waals surface area contributed by atoms with Crippen molar-refractivity contribution < 1.29 is 22.8 Å². The van der Waals surface area contributed by atoms with Crippen LogP contribution in [-0.4, -0.2) is 39.8 Å². The van der Waals surface area contributed by atoms with Gasteiger partial charge in [0.15, 0.2) is 0 Å². The molecule has 6 rings (SSSR count). The van der Waals surface area contributed by atoms with E-state index in [4.69, 9.17) is 0 Å². The van der Waals surface area contributed by atoms with Gasteiger partial charge < -0.3 is 5.32 Å². The number of aryl methyl sites for hydroxylation is 1. The van der Waals surface area contributed by atoms with E-state index in [0.29, 0.717) is 34.7 Å². The number of rotatable bonds is 5. The zero-order valence-corrected chi connectivity index (χ0v) is 22.8. The molecule has 0 aromatic carbocycles. The van der Waals surface area contributed by atoms with Gasteiger partial charge in [-0.3, -0.25) is 19.5 Å². The molecule has 6 nitrogen and oxygen atoms in total. The number of fused-ring (bicyclic) bond motifs is 2. The monoisotopic (exact) mass is 564 g/mol. The lowest BCUT2D eigenvalue weighted by atomic mass is 9.90. The Bertz CT molecular complexity index is 1420. The number of likely N-dealkylation sites (tertiary alicyclic amines) is 1. The van der Waals surface area contributed by atoms with E-state index in [-0.39, 0.29) is 48.0 Å². The molecular formula is C27H28ClF3N4O2S. The van der Waals surface area contributed by atoms with E-state index in [2.05, 4.69) is 15.3 Å². The number of hydrogen-bond donors (Lipinski definition) is 1. The Hall–Kier alpha value is -2.56. The second kappa shape index (κ2) is 9.27. The van der Waals surface area contributed by atoms with E-state index in [1.54, 1.807) is 19.2 Å². The molecule has 3 aromatic heterocycles. The normalized spacial score (nSPS) is 24.2. The number of carbonyl (C=O) groups is 2. The van der Waals surface area contributed by atoms with Crippen LogP contribution in [0, 0.1) is 30.1 Å². The highest BCUT2D eigenvalue weighted by Gasteiger charge is 2.72. The number of pyridine rings is 2. The molecule has 1 saturated carbocycles. The molecule has 0 radical (unpaired) electrons. The van der Waals surface area contributed by atoms with E-state index < -0.39 is 11.9 Å². The van der Waals surface area contributed by atoms with Crippen molar-refractivity contribution in [3.05, 3.63) is 46.2 Å². The first-order valence-corrected chi connectivity index (χ1v) is 13.3.